The van der Waals surface area contributed by atoms with Crippen molar-refractivity contribution in [2.24, 2.45) is 0 Å². The van der Waals surface area contributed by atoms with Crippen molar-refractivity contribution in [3.05, 3.63) is 48.2 Å². The number of pyridine rings is 1. The average Bonchev–Trinajstić information content (AvgIpc) is 2.69. The predicted molar refractivity (Wildman–Crippen MR) is 115 cm³/mol. The lowest BCUT2D eigenvalue weighted by Gasteiger charge is -2.34. The Hall–Kier alpha value is -2.64. The summed E-state index contributed by atoms with van der Waals surface area (Å²) in [4.78, 5) is 23.7. The summed E-state index contributed by atoms with van der Waals surface area (Å²) in [5.41, 5.74) is 2.58. The third-order valence-electron chi connectivity index (χ3n) is 4.88. The van der Waals surface area contributed by atoms with E-state index in [0.717, 1.165) is 45.0 Å². The normalized spacial score (nSPS) is 14.9. The third kappa shape index (κ3) is 5.68. The van der Waals surface area contributed by atoms with E-state index in [1.807, 2.05) is 26.2 Å². The molecular formula is C21H30N6O. The molecule has 1 aliphatic heterocycles. The van der Waals surface area contributed by atoms with Gasteiger partial charge < -0.3 is 25.3 Å². The van der Waals surface area contributed by atoms with Crippen molar-refractivity contribution in [3.63, 3.8) is 0 Å². The minimum absolute atomic E-state index is 0.134. The SMILES string of the molecule is CN(C)CCNc1cc(C(=O)Nc2ccc(N3CCN(C)CC3)cc2)ccn1. The van der Waals surface area contributed by atoms with Crippen molar-refractivity contribution in [2.45, 2.75) is 0 Å². The Balaban J connectivity index is 1.57. The van der Waals surface area contributed by atoms with Gasteiger partial charge in [0.1, 0.15) is 5.82 Å². The number of benzene rings is 1. The van der Waals surface area contributed by atoms with E-state index in [4.69, 9.17) is 0 Å². The van der Waals surface area contributed by atoms with Gasteiger partial charge in [-0.3, -0.25) is 4.79 Å². The van der Waals surface area contributed by atoms with E-state index in [-0.39, 0.29) is 5.91 Å². The fourth-order valence-corrected chi connectivity index (χ4v) is 3.10. The topological polar surface area (TPSA) is 63.7 Å². The van der Waals surface area contributed by atoms with Crippen LogP contribution in [0.2, 0.25) is 0 Å². The van der Waals surface area contributed by atoms with Crippen LogP contribution in [0.25, 0.3) is 0 Å². The minimum atomic E-state index is -0.134. The molecule has 1 fully saturated rings. The van der Waals surface area contributed by atoms with Crippen LogP contribution in [0.15, 0.2) is 42.6 Å². The van der Waals surface area contributed by atoms with Crippen LogP contribution in [0.5, 0.6) is 0 Å². The van der Waals surface area contributed by atoms with Crippen LogP contribution < -0.4 is 15.5 Å². The highest BCUT2D eigenvalue weighted by Crippen LogP contribution is 2.20. The number of hydrogen-bond acceptors (Lipinski definition) is 6. The van der Waals surface area contributed by atoms with Gasteiger partial charge in [-0.2, -0.15) is 0 Å². The van der Waals surface area contributed by atoms with Gasteiger partial charge in [0.05, 0.1) is 0 Å². The molecule has 3 rings (SSSR count). The number of aromatic nitrogens is 1. The van der Waals surface area contributed by atoms with Crippen LogP contribution in [-0.2, 0) is 0 Å². The first-order chi connectivity index (χ1) is 13.5. The van der Waals surface area contributed by atoms with Crippen molar-refractivity contribution in [3.8, 4) is 0 Å². The summed E-state index contributed by atoms with van der Waals surface area (Å²) >= 11 is 0. The van der Waals surface area contributed by atoms with Crippen LogP contribution in [0, 0.1) is 0 Å². The van der Waals surface area contributed by atoms with Crippen LogP contribution >= 0.6 is 0 Å². The molecule has 150 valence electrons. The van der Waals surface area contributed by atoms with Gasteiger partial charge in [-0.1, -0.05) is 0 Å². The summed E-state index contributed by atoms with van der Waals surface area (Å²) in [6.07, 6.45) is 1.66. The molecule has 0 saturated carbocycles. The van der Waals surface area contributed by atoms with E-state index in [9.17, 15) is 4.79 Å². The highest BCUT2D eigenvalue weighted by molar-refractivity contribution is 6.04. The number of anilines is 3. The first kappa shape index (κ1) is 20.1. The van der Waals surface area contributed by atoms with Gasteiger partial charge >= 0.3 is 0 Å². The van der Waals surface area contributed by atoms with Crippen molar-refractivity contribution in [1.29, 1.82) is 0 Å². The van der Waals surface area contributed by atoms with Gasteiger partial charge in [-0.25, -0.2) is 4.98 Å². The molecule has 1 aromatic heterocycles. The second kappa shape index (κ2) is 9.52. The van der Waals surface area contributed by atoms with E-state index in [1.54, 1.807) is 18.3 Å². The van der Waals surface area contributed by atoms with Crippen LogP contribution in [-0.4, -0.2) is 81.1 Å². The molecule has 7 heteroatoms. The van der Waals surface area contributed by atoms with E-state index in [1.165, 1.54) is 5.69 Å². The molecular weight excluding hydrogens is 352 g/mol. The van der Waals surface area contributed by atoms with Crippen LogP contribution in [0.1, 0.15) is 10.4 Å². The van der Waals surface area contributed by atoms with E-state index < -0.39 is 0 Å². The number of hydrogen-bond donors (Lipinski definition) is 2. The maximum absolute atomic E-state index is 12.6. The molecule has 7 nitrogen and oxygen atoms in total. The molecule has 28 heavy (non-hydrogen) atoms. The Morgan fingerprint density at radius 2 is 1.82 bits per heavy atom. The second-order valence-electron chi connectivity index (χ2n) is 7.45. The van der Waals surface area contributed by atoms with E-state index in [2.05, 4.69) is 49.5 Å². The molecule has 0 radical (unpaired) electrons. The highest BCUT2D eigenvalue weighted by Gasteiger charge is 2.14. The van der Waals surface area contributed by atoms with Gasteiger partial charge in [0.15, 0.2) is 0 Å². The standard InChI is InChI=1S/C21H30N6O/c1-25(2)11-10-23-20-16-17(8-9-22-20)21(28)24-18-4-6-19(7-5-18)27-14-12-26(3)13-15-27/h4-9,16H,10-15H2,1-3H3,(H,22,23)(H,24,28). The molecule has 0 bridgehead atoms. The van der Waals surface area contributed by atoms with Crippen molar-refractivity contribution < 1.29 is 4.79 Å². The number of nitrogens with zero attached hydrogens (tertiary/aromatic N) is 4. The number of likely N-dealkylation sites (N-methyl/N-ethyl adjacent to an activating group) is 2. The number of carbonyl (C=O) groups is 1. The highest BCUT2D eigenvalue weighted by atomic mass is 16.1. The van der Waals surface area contributed by atoms with Gasteiger partial charge in [0.25, 0.3) is 5.91 Å². The maximum Gasteiger partial charge on any atom is 0.255 e. The first-order valence-corrected chi connectivity index (χ1v) is 9.71. The summed E-state index contributed by atoms with van der Waals surface area (Å²) in [7, 11) is 6.19. The number of nitrogens with one attached hydrogen (secondary N) is 2. The van der Waals surface area contributed by atoms with E-state index >= 15 is 0 Å². The van der Waals surface area contributed by atoms with Crippen molar-refractivity contribution in [2.75, 3.05) is 75.9 Å². The number of rotatable bonds is 7. The van der Waals surface area contributed by atoms with E-state index in [0.29, 0.717) is 11.4 Å². The second-order valence-corrected chi connectivity index (χ2v) is 7.45. The number of piperazine rings is 1. The monoisotopic (exact) mass is 382 g/mol. The van der Waals surface area contributed by atoms with Gasteiger partial charge in [0.2, 0.25) is 0 Å². The van der Waals surface area contributed by atoms with Gasteiger partial charge in [-0.05, 0) is 57.5 Å². The lowest BCUT2D eigenvalue weighted by Crippen LogP contribution is -2.44. The predicted octanol–water partition coefficient (Wildman–Crippen LogP) is 2.06. The number of amides is 1. The molecule has 1 amide bonds. The molecule has 2 heterocycles. The molecule has 1 saturated heterocycles. The lowest BCUT2D eigenvalue weighted by atomic mass is 10.2. The zero-order valence-electron chi connectivity index (χ0n) is 17.0. The zero-order valence-corrected chi connectivity index (χ0v) is 17.0. The molecule has 0 atom stereocenters. The minimum Gasteiger partial charge on any atom is -0.369 e. The van der Waals surface area contributed by atoms with Crippen molar-refractivity contribution in [1.82, 2.24) is 14.8 Å². The molecule has 1 aliphatic rings. The Bertz CT molecular complexity index is 769. The summed E-state index contributed by atoms with van der Waals surface area (Å²) in [5.74, 6) is 0.574. The Kier molecular flexibility index (Phi) is 6.84. The largest absolute Gasteiger partial charge is 0.369 e. The van der Waals surface area contributed by atoms with Gasteiger partial charge in [0, 0.05) is 62.4 Å². The third-order valence-corrected chi connectivity index (χ3v) is 4.88. The molecule has 2 aromatic rings. The molecule has 2 N–H and O–H groups in total. The Morgan fingerprint density at radius 1 is 1.11 bits per heavy atom. The van der Waals surface area contributed by atoms with Crippen molar-refractivity contribution >= 4 is 23.1 Å². The number of carbonyl (C=O) groups excluding carboxylic acids is 1. The zero-order chi connectivity index (χ0) is 19.9. The molecule has 0 unspecified atom stereocenters. The maximum atomic E-state index is 12.6. The summed E-state index contributed by atoms with van der Waals surface area (Å²) in [6, 6.07) is 11.6. The molecule has 0 spiro atoms. The first-order valence-electron chi connectivity index (χ1n) is 9.71. The van der Waals surface area contributed by atoms with Crippen LogP contribution in [0.3, 0.4) is 0 Å². The summed E-state index contributed by atoms with van der Waals surface area (Å²) < 4.78 is 0. The van der Waals surface area contributed by atoms with Gasteiger partial charge in [-0.15, -0.1) is 0 Å². The quantitative estimate of drug-likeness (QED) is 0.764. The molecule has 0 aliphatic carbocycles. The smallest absolute Gasteiger partial charge is 0.255 e. The summed E-state index contributed by atoms with van der Waals surface area (Å²) in [5, 5.41) is 6.21. The Labute approximate surface area is 167 Å². The fraction of sp³-hybridized carbons (Fsp3) is 0.429. The fourth-order valence-electron chi connectivity index (χ4n) is 3.10. The summed E-state index contributed by atoms with van der Waals surface area (Å²) in [6.45, 7) is 5.89. The lowest BCUT2D eigenvalue weighted by molar-refractivity contribution is 0.102. The molecule has 1 aromatic carbocycles. The Morgan fingerprint density at radius 3 is 2.50 bits per heavy atom. The van der Waals surface area contributed by atoms with Crippen LogP contribution in [0.4, 0.5) is 17.2 Å². The average molecular weight is 383 g/mol.